The molecule has 0 atom stereocenters. The highest BCUT2D eigenvalue weighted by atomic mass is 79.9. The van der Waals surface area contributed by atoms with Gasteiger partial charge in [-0.2, -0.15) is 0 Å². The standard InChI is InChI=1S/C10H11BrO2/c1-6-4-7(10(13)2-3-10)5-8(11)9(6)12/h4-5,12-13H,2-3H2,1H3. The third kappa shape index (κ3) is 1.46. The molecule has 0 bridgehead atoms. The summed E-state index contributed by atoms with van der Waals surface area (Å²) in [5.41, 5.74) is 1.07. The summed E-state index contributed by atoms with van der Waals surface area (Å²) >= 11 is 3.26. The number of aromatic hydroxyl groups is 1. The number of phenolic OH excluding ortho intramolecular Hbond substituents is 1. The molecular weight excluding hydrogens is 232 g/mol. The van der Waals surface area contributed by atoms with Gasteiger partial charge in [0.05, 0.1) is 10.1 Å². The second-order valence-electron chi connectivity index (χ2n) is 3.66. The number of aryl methyl sites for hydroxylation is 1. The lowest BCUT2D eigenvalue weighted by molar-refractivity contribution is 0.151. The van der Waals surface area contributed by atoms with Crippen LogP contribution < -0.4 is 0 Å². The van der Waals surface area contributed by atoms with Gasteiger partial charge in [0, 0.05) is 0 Å². The lowest BCUT2D eigenvalue weighted by Crippen LogP contribution is -2.04. The van der Waals surface area contributed by atoms with E-state index in [0.717, 1.165) is 24.0 Å². The Morgan fingerprint density at radius 3 is 2.46 bits per heavy atom. The van der Waals surface area contributed by atoms with Gasteiger partial charge in [0.25, 0.3) is 0 Å². The summed E-state index contributed by atoms with van der Waals surface area (Å²) < 4.78 is 0.655. The number of benzene rings is 1. The number of rotatable bonds is 1. The molecule has 1 aliphatic rings. The van der Waals surface area contributed by atoms with Crippen LogP contribution in [0.2, 0.25) is 0 Å². The van der Waals surface area contributed by atoms with Crippen LogP contribution in [0, 0.1) is 6.92 Å². The third-order valence-corrected chi connectivity index (χ3v) is 3.12. The van der Waals surface area contributed by atoms with E-state index in [0.29, 0.717) is 4.47 Å². The minimum atomic E-state index is -0.624. The van der Waals surface area contributed by atoms with E-state index in [9.17, 15) is 10.2 Å². The topological polar surface area (TPSA) is 40.5 Å². The first-order chi connectivity index (χ1) is 6.03. The molecule has 0 heterocycles. The molecule has 1 saturated carbocycles. The van der Waals surface area contributed by atoms with Gasteiger partial charge in [-0.25, -0.2) is 0 Å². The molecular formula is C10H11BrO2. The van der Waals surface area contributed by atoms with Crippen molar-refractivity contribution in [3.05, 3.63) is 27.7 Å². The average molecular weight is 243 g/mol. The number of hydrogen-bond acceptors (Lipinski definition) is 2. The monoisotopic (exact) mass is 242 g/mol. The first-order valence-electron chi connectivity index (χ1n) is 4.25. The van der Waals surface area contributed by atoms with Crippen molar-refractivity contribution in [3.8, 4) is 5.75 Å². The molecule has 0 spiro atoms. The van der Waals surface area contributed by atoms with Crippen molar-refractivity contribution in [2.24, 2.45) is 0 Å². The predicted molar refractivity (Wildman–Crippen MR) is 53.7 cm³/mol. The predicted octanol–water partition coefficient (Wildman–Crippen LogP) is 2.44. The van der Waals surface area contributed by atoms with Crippen LogP contribution in [-0.2, 0) is 5.60 Å². The van der Waals surface area contributed by atoms with Gasteiger partial charge in [-0.3, -0.25) is 0 Å². The van der Waals surface area contributed by atoms with Gasteiger partial charge in [-0.1, -0.05) is 0 Å². The fraction of sp³-hybridized carbons (Fsp3) is 0.400. The van der Waals surface area contributed by atoms with Crippen LogP contribution in [0.25, 0.3) is 0 Å². The van der Waals surface area contributed by atoms with Gasteiger partial charge in [0.1, 0.15) is 5.75 Å². The highest BCUT2D eigenvalue weighted by Crippen LogP contribution is 2.47. The van der Waals surface area contributed by atoms with Crippen molar-refractivity contribution < 1.29 is 10.2 Å². The summed E-state index contributed by atoms with van der Waals surface area (Å²) in [5, 5.41) is 19.3. The summed E-state index contributed by atoms with van der Waals surface area (Å²) in [5.74, 6) is 0.257. The van der Waals surface area contributed by atoms with Gasteiger partial charge in [0.2, 0.25) is 0 Å². The van der Waals surface area contributed by atoms with Crippen LogP contribution in [0.4, 0.5) is 0 Å². The van der Waals surface area contributed by atoms with Crippen molar-refractivity contribution >= 4 is 15.9 Å². The van der Waals surface area contributed by atoms with E-state index >= 15 is 0 Å². The largest absolute Gasteiger partial charge is 0.506 e. The van der Waals surface area contributed by atoms with Crippen LogP contribution in [0.5, 0.6) is 5.75 Å². The van der Waals surface area contributed by atoms with Crippen LogP contribution in [0.3, 0.4) is 0 Å². The second-order valence-corrected chi connectivity index (χ2v) is 4.51. The van der Waals surface area contributed by atoms with Crippen molar-refractivity contribution in [2.75, 3.05) is 0 Å². The molecule has 1 aromatic rings. The molecule has 0 aliphatic heterocycles. The number of aliphatic hydroxyl groups is 1. The van der Waals surface area contributed by atoms with Gasteiger partial charge in [-0.15, -0.1) is 0 Å². The molecule has 1 fully saturated rings. The normalized spacial score (nSPS) is 18.7. The smallest absolute Gasteiger partial charge is 0.132 e. The summed E-state index contributed by atoms with van der Waals surface area (Å²) in [4.78, 5) is 0. The summed E-state index contributed by atoms with van der Waals surface area (Å²) in [6.07, 6.45) is 1.65. The molecule has 0 saturated heterocycles. The molecule has 0 aromatic heterocycles. The van der Waals surface area contributed by atoms with E-state index in [-0.39, 0.29) is 5.75 Å². The average Bonchev–Trinajstić information content (AvgIpc) is 2.80. The maximum absolute atomic E-state index is 9.84. The van der Waals surface area contributed by atoms with E-state index < -0.39 is 5.60 Å². The van der Waals surface area contributed by atoms with Gasteiger partial charge in [0.15, 0.2) is 0 Å². The van der Waals surface area contributed by atoms with E-state index in [1.165, 1.54) is 0 Å². The van der Waals surface area contributed by atoms with Crippen LogP contribution in [0.15, 0.2) is 16.6 Å². The molecule has 2 N–H and O–H groups in total. The number of hydrogen-bond donors (Lipinski definition) is 2. The van der Waals surface area contributed by atoms with E-state index in [2.05, 4.69) is 15.9 Å². The van der Waals surface area contributed by atoms with Crippen molar-refractivity contribution in [3.63, 3.8) is 0 Å². The Morgan fingerprint density at radius 2 is 2.00 bits per heavy atom. The SMILES string of the molecule is Cc1cc(C2(O)CC2)cc(Br)c1O. The second kappa shape index (κ2) is 2.72. The zero-order chi connectivity index (χ0) is 9.64. The van der Waals surface area contributed by atoms with Gasteiger partial charge < -0.3 is 10.2 Å². The Kier molecular flexibility index (Phi) is 1.89. The van der Waals surface area contributed by atoms with Crippen LogP contribution >= 0.6 is 15.9 Å². The molecule has 0 radical (unpaired) electrons. The Bertz CT molecular complexity index is 333. The molecule has 0 unspecified atom stereocenters. The first-order valence-corrected chi connectivity index (χ1v) is 5.04. The van der Waals surface area contributed by atoms with Gasteiger partial charge >= 0.3 is 0 Å². The highest BCUT2D eigenvalue weighted by Gasteiger charge is 2.42. The number of phenols is 1. The lowest BCUT2D eigenvalue weighted by Gasteiger charge is -2.11. The molecule has 13 heavy (non-hydrogen) atoms. The minimum Gasteiger partial charge on any atom is -0.506 e. The summed E-state index contributed by atoms with van der Waals surface area (Å²) in [6, 6.07) is 3.63. The fourth-order valence-corrected chi connectivity index (χ4v) is 1.97. The Hall–Kier alpha value is -0.540. The van der Waals surface area contributed by atoms with E-state index in [4.69, 9.17) is 0 Å². The molecule has 2 nitrogen and oxygen atoms in total. The van der Waals surface area contributed by atoms with E-state index in [1.54, 1.807) is 6.07 Å². The quantitative estimate of drug-likeness (QED) is 0.795. The lowest BCUT2D eigenvalue weighted by atomic mass is 10.0. The Labute approximate surface area is 85.3 Å². The van der Waals surface area contributed by atoms with E-state index in [1.807, 2.05) is 13.0 Å². The minimum absolute atomic E-state index is 0.257. The number of halogens is 1. The van der Waals surface area contributed by atoms with Gasteiger partial charge in [-0.05, 0) is 59.0 Å². The maximum atomic E-state index is 9.84. The highest BCUT2D eigenvalue weighted by molar-refractivity contribution is 9.10. The third-order valence-electron chi connectivity index (χ3n) is 2.51. The zero-order valence-corrected chi connectivity index (χ0v) is 8.93. The molecule has 70 valence electrons. The zero-order valence-electron chi connectivity index (χ0n) is 7.34. The fourth-order valence-electron chi connectivity index (χ4n) is 1.41. The Balaban J connectivity index is 2.50. The van der Waals surface area contributed by atoms with Crippen LogP contribution in [0.1, 0.15) is 24.0 Å². The Morgan fingerprint density at radius 1 is 1.38 bits per heavy atom. The molecule has 0 amide bonds. The first kappa shape index (κ1) is 9.03. The maximum Gasteiger partial charge on any atom is 0.132 e. The summed E-state index contributed by atoms with van der Waals surface area (Å²) in [7, 11) is 0. The van der Waals surface area contributed by atoms with Crippen molar-refractivity contribution in [2.45, 2.75) is 25.4 Å². The molecule has 1 aromatic carbocycles. The van der Waals surface area contributed by atoms with Crippen molar-refractivity contribution in [1.29, 1.82) is 0 Å². The van der Waals surface area contributed by atoms with Crippen LogP contribution in [-0.4, -0.2) is 10.2 Å². The summed E-state index contributed by atoms with van der Waals surface area (Å²) in [6.45, 7) is 1.83. The molecule has 2 rings (SSSR count). The van der Waals surface area contributed by atoms with Crippen molar-refractivity contribution in [1.82, 2.24) is 0 Å². The molecule has 1 aliphatic carbocycles. The molecule has 3 heteroatoms.